The quantitative estimate of drug-likeness (QED) is 0.712. The maximum Gasteiger partial charge on any atom is 0.327 e. The smallest absolute Gasteiger partial charge is 0.327 e. The highest BCUT2D eigenvalue weighted by Crippen LogP contribution is 2.40. The number of hydrogen-bond donors (Lipinski definition) is 0. The lowest BCUT2D eigenvalue weighted by molar-refractivity contribution is 0.0668. The van der Waals surface area contributed by atoms with Crippen molar-refractivity contribution in [1.29, 1.82) is 0 Å². The van der Waals surface area contributed by atoms with Crippen LogP contribution in [0.15, 0.2) is 42.5 Å². The third-order valence-corrected chi connectivity index (χ3v) is 5.44. The molecule has 0 N–H and O–H groups in total. The molecule has 0 atom stereocenters. The van der Waals surface area contributed by atoms with Gasteiger partial charge in [-0.25, -0.2) is 4.79 Å². The molecule has 0 unspecified atom stereocenters. The molecule has 2 aromatic rings. The molecule has 0 aromatic heterocycles. The van der Waals surface area contributed by atoms with E-state index in [1.54, 1.807) is 17.0 Å². The molecule has 0 radical (unpaired) electrons. The number of halogens is 2. The minimum absolute atomic E-state index is 0.0626. The number of carbonyl (C=O) groups excluding carboxylic acids is 1. The molecule has 2 aromatic carbocycles. The van der Waals surface area contributed by atoms with Crippen molar-refractivity contribution >= 4 is 34.9 Å². The second kappa shape index (κ2) is 7.58. The third kappa shape index (κ3) is 3.72. The molecule has 1 heterocycles. The predicted octanol–water partition coefficient (Wildman–Crippen LogP) is 5.03. The largest absolute Gasteiger partial charge is 0.494 e. The van der Waals surface area contributed by atoms with Crippen LogP contribution in [0.3, 0.4) is 0 Å². The Balaban J connectivity index is 1.99. The third-order valence-electron chi connectivity index (χ3n) is 4.88. The number of anilines is 1. The molecule has 5 nitrogen and oxygen atoms in total. The maximum atomic E-state index is 13.3. The molecule has 0 bridgehead atoms. The molecule has 2 amide bonds. The summed E-state index contributed by atoms with van der Waals surface area (Å²) in [5.41, 5.74) is 1.08. The highest BCUT2D eigenvalue weighted by molar-refractivity contribution is 6.37. The van der Waals surface area contributed by atoms with Crippen LogP contribution < -0.4 is 9.64 Å². The molecule has 1 aliphatic rings. The standard InChI is InChI=1S/C20H23Cl2N3O2/c1-20(2,14-10-16(21)18(27-4)17(22)11-14)25-13-23(3)12-24(19(25)26)15-8-6-5-7-9-15/h5-11H,12-13H2,1-4H3. The Hall–Kier alpha value is -1.95. The number of hydrogen-bond acceptors (Lipinski definition) is 3. The molecule has 0 saturated carbocycles. The lowest BCUT2D eigenvalue weighted by Crippen LogP contribution is -2.62. The van der Waals surface area contributed by atoms with Crippen molar-refractivity contribution in [3.05, 3.63) is 58.1 Å². The minimum atomic E-state index is -0.627. The maximum absolute atomic E-state index is 13.3. The van der Waals surface area contributed by atoms with E-state index < -0.39 is 5.54 Å². The fraction of sp³-hybridized carbons (Fsp3) is 0.350. The van der Waals surface area contributed by atoms with Gasteiger partial charge in [-0.2, -0.15) is 0 Å². The van der Waals surface area contributed by atoms with E-state index in [0.717, 1.165) is 11.3 Å². The SMILES string of the molecule is COc1c(Cl)cc(C(C)(C)N2CN(C)CN(c3ccccc3)C2=O)cc1Cl. The lowest BCUT2D eigenvalue weighted by Gasteiger charge is -2.48. The van der Waals surface area contributed by atoms with Crippen LogP contribution in [-0.2, 0) is 5.54 Å². The first kappa shape index (κ1) is 19.8. The van der Waals surface area contributed by atoms with Crippen molar-refractivity contribution in [2.24, 2.45) is 0 Å². The molecular weight excluding hydrogens is 385 g/mol. The highest BCUT2D eigenvalue weighted by Gasteiger charge is 2.40. The van der Waals surface area contributed by atoms with Gasteiger partial charge in [0.1, 0.15) is 0 Å². The second-order valence-corrected chi connectivity index (χ2v) is 7.96. The predicted molar refractivity (Wildman–Crippen MR) is 110 cm³/mol. The van der Waals surface area contributed by atoms with Crippen molar-refractivity contribution in [1.82, 2.24) is 9.80 Å². The molecule has 27 heavy (non-hydrogen) atoms. The lowest BCUT2D eigenvalue weighted by atomic mass is 9.92. The van der Waals surface area contributed by atoms with Gasteiger partial charge >= 0.3 is 6.03 Å². The van der Waals surface area contributed by atoms with Crippen LogP contribution in [-0.4, -0.2) is 43.3 Å². The van der Waals surface area contributed by atoms with Gasteiger partial charge in [0.25, 0.3) is 0 Å². The second-order valence-electron chi connectivity index (χ2n) is 7.15. The zero-order valence-electron chi connectivity index (χ0n) is 15.9. The van der Waals surface area contributed by atoms with Gasteiger partial charge in [-0.1, -0.05) is 41.4 Å². The Morgan fingerprint density at radius 3 is 2.19 bits per heavy atom. The number of ether oxygens (including phenoxy) is 1. The van der Waals surface area contributed by atoms with E-state index in [2.05, 4.69) is 4.90 Å². The first-order valence-corrected chi connectivity index (χ1v) is 9.37. The summed E-state index contributed by atoms with van der Waals surface area (Å²) in [6, 6.07) is 13.2. The zero-order valence-corrected chi connectivity index (χ0v) is 17.4. The van der Waals surface area contributed by atoms with Gasteiger partial charge in [-0.3, -0.25) is 9.80 Å². The summed E-state index contributed by atoms with van der Waals surface area (Å²) in [7, 11) is 3.51. The number of methoxy groups -OCH3 is 1. The number of nitrogens with zero attached hydrogens (tertiary/aromatic N) is 3. The van der Waals surface area contributed by atoms with Crippen LogP contribution in [0.1, 0.15) is 19.4 Å². The molecule has 1 fully saturated rings. The number of carbonyl (C=O) groups is 1. The minimum Gasteiger partial charge on any atom is -0.494 e. The van der Waals surface area contributed by atoms with E-state index in [1.807, 2.05) is 56.1 Å². The van der Waals surface area contributed by atoms with E-state index in [-0.39, 0.29) is 6.03 Å². The first-order chi connectivity index (χ1) is 12.8. The van der Waals surface area contributed by atoms with Crippen LogP contribution in [0.4, 0.5) is 10.5 Å². The van der Waals surface area contributed by atoms with E-state index in [0.29, 0.717) is 29.1 Å². The summed E-state index contributed by atoms with van der Waals surface area (Å²) in [5.74, 6) is 0.436. The summed E-state index contributed by atoms with van der Waals surface area (Å²) in [4.78, 5) is 19.0. The molecule has 0 aliphatic carbocycles. The van der Waals surface area contributed by atoms with E-state index in [4.69, 9.17) is 27.9 Å². The Bertz CT molecular complexity index is 819. The molecule has 1 aliphatic heterocycles. The Morgan fingerprint density at radius 1 is 1.04 bits per heavy atom. The van der Waals surface area contributed by atoms with Crippen LogP contribution in [0.5, 0.6) is 5.75 Å². The number of urea groups is 1. The van der Waals surface area contributed by atoms with Gasteiger partial charge in [0.15, 0.2) is 5.75 Å². The van der Waals surface area contributed by atoms with Gasteiger partial charge in [0.05, 0.1) is 36.0 Å². The summed E-state index contributed by atoms with van der Waals surface area (Å²) < 4.78 is 5.24. The fourth-order valence-electron chi connectivity index (χ4n) is 3.27. The van der Waals surface area contributed by atoms with Crippen LogP contribution in [0, 0.1) is 0 Å². The van der Waals surface area contributed by atoms with Crippen molar-refractivity contribution in [2.75, 3.05) is 32.4 Å². The van der Waals surface area contributed by atoms with Crippen molar-refractivity contribution < 1.29 is 9.53 Å². The van der Waals surface area contributed by atoms with Gasteiger partial charge < -0.3 is 9.64 Å². The Kier molecular flexibility index (Phi) is 5.56. The zero-order chi connectivity index (χ0) is 19.8. The summed E-state index contributed by atoms with van der Waals surface area (Å²) in [5, 5.41) is 0.844. The Labute approximate surface area is 170 Å². The number of amides is 2. The van der Waals surface area contributed by atoms with Gasteiger partial charge in [0.2, 0.25) is 0 Å². The highest BCUT2D eigenvalue weighted by atomic mass is 35.5. The topological polar surface area (TPSA) is 36.0 Å². The summed E-state index contributed by atoms with van der Waals surface area (Å²) in [6.45, 7) is 5.00. The molecule has 3 rings (SSSR count). The van der Waals surface area contributed by atoms with Gasteiger partial charge in [-0.05, 0) is 50.7 Å². The van der Waals surface area contributed by atoms with Crippen LogP contribution in [0.2, 0.25) is 10.0 Å². The first-order valence-electron chi connectivity index (χ1n) is 8.62. The fourth-order valence-corrected chi connectivity index (χ4v) is 3.92. The Morgan fingerprint density at radius 2 is 1.63 bits per heavy atom. The van der Waals surface area contributed by atoms with Gasteiger partial charge in [0, 0.05) is 5.69 Å². The van der Waals surface area contributed by atoms with Gasteiger partial charge in [-0.15, -0.1) is 0 Å². The molecule has 7 heteroatoms. The van der Waals surface area contributed by atoms with Crippen molar-refractivity contribution in [2.45, 2.75) is 19.4 Å². The number of para-hydroxylation sites is 1. The van der Waals surface area contributed by atoms with E-state index >= 15 is 0 Å². The van der Waals surface area contributed by atoms with E-state index in [1.165, 1.54) is 7.11 Å². The molecule has 0 spiro atoms. The van der Waals surface area contributed by atoms with Crippen LogP contribution >= 0.6 is 23.2 Å². The molecule has 144 valence electrons. The summed E-state index contributed by atoms with van der Waals surface area (Å²) >= 11 is 12.7. The average Bonchev–Trinajstić information content (AvgIpc) is 2.63. The van der Waals surface area contributed by atoms with E-state index in [9.17, 15) is 4.79 Å². The normalized spacial score (nSPS) is 16.0. The summed E-state index contributed by atoms with van der Waals surface area (Å²) in [6.07, 6.45) is 0. The number of benzene rings is 2. The van der Waals surface area contributed by atoms with Crippen molar-refractivity contribution in [3.8, 4) is 5.75 Å². The number of rotatable bonds is 4. The monoisotopic (exact) mass is 407 g/mol. The van der Waals surface area contributed by atoms with Crippen LogP contribution in [0.25, 0.3) is 0 Å². The average molecular weight is 408 g/mol. The van der Waals surface area contributed by atoms with Crippen molar-refractivity contribution in [3.63, 3.8) is 0 Å². The molecular formula is C20H23Cl2N3O2. The molecule has 1 saturated heterocycles.